The minimum absolute atomic E-state index is 0.0190. The van der Waals surface area contributed by atoms with E-state index in [1.54, 1.807) is 0 Å². The molecule has 2 unspecified atom stereocenters. The van der Waals surface area contributed by atoms with Crippen molar-refractivity contribution in [2.45, 2.75) is 50.5 Å². The molecule has 1 amide bonds. The summed E-state index contributed by atoms with van der Waals surface area (Å²) < 4.78 is 5.63. The number of hydrogen-bond acceptors (Lipinski definition) is 2. The number of rotatable bonds is 5. The van der Waals surface area contributed by atoms with Crippen LogP contribution >= 0.6 is 15.9 Å². The van der Waals surface area contributed by atoms with Crippen LogP contribution in [0, 0.1) is 5.92 Å². The van der Waals surface area contributed by atoms with Gasteiger partial charge in [0.2, 0.25) is 0 Å². The van der Waals surface area contributed by atoms with Gasteiger partial charge in [0.15, 0.2) is 0 Å². The van der Waals surface area contributed by atoms with Gasteiger partial charge in [-0.25, -0.2) is 0 Å². The smallest absolute Gasteiger partial charge is 0.251 e. The Morgan fingerprint density at radius 2 is 2.14 bits per heavy atom. The maximum atomic E-state index is 12.3. The highest BCUT2D eigenvalue weighted by Crippen LogP contribution is 2.29. The van der Waals surface area contributed by atoms with E-state index < -0.39 is 0 Å². The molecule has 3 nitrogen and oxygen atoms in total. The van der Waals surface area contributed by atoms with Crippen molar-refractivity contribution in [1.82, 2.24) is 5.32 Å². The first kappa shape index (κ1) is 16.3. The molecular formula is C17H24BrNO2. The first-order valence-corrected chi connectivity index (χ1v) is 8.67. The van der Waals surface area contributed by atoms with E-state index in [-0.39, 0.29) is 12.0 Å². The molecule has 1 aromatic rings. The molecule has 0 radical (unpaired) electrons. The summed E-state index contributed by atoms with van der Waals surface area (Å²) in [4.78, 5) is 12.8. The fourth-order valence-electron chi connectivity index (χ4n) is 2.70. The molecule has 0 heterocycles. The van der Waals surface area contributed by atoms with Crippen molar-refractivity contribution >= 4 is 21.8 Å². The van der Waals surface area contributed by atoms with Crippen LogP contribution in [0.25, 0.3) is 0 Å². The molecule has 4 heteroatoms. The molecule has 116 valence electrons. The van der Waals surface area contributed by atoms with Crippen molar-refractivity contribution in [1.29, 1.82) is 0 Å². The third-order valence-electron chi connectivity index (χ3n) is 3.81. The molecule has 1 aromatic carbocycles. The molecule has 0 saturated heterocycles. The van der Waals surface area contributed by atoms with E-state index in [4.69, 9.17) is 4.74 Å². The molecule has 1 aliphatic rings. The number of halogens is 1. The molecule has 1 saturated carbocycles. The third kappa shape index (κ3) is 5.03. The number of carbonyl (C=O) groups is 1. The molecule has 0 aromatic heterocycles. The van der Waals surface area contributed by atoms with E-state index in [9.17, 15) is 4.79 Å². The average Bonchev–Trinajstić information content (AvgIpc) is 2.45. The number of carbonyl (C=O) groups excluding carboxylic acids is 1. The van der Waals surface area contributed by atoms with Gasteiger partial charge in [-0.15, -0.1) is 0 Å². The van der Waals surface area contributed by atoms with E-state index in [0.717, 1.165) is 12.3 Å². The predicted molar refractivity (Wildman–Crippen MR) is 89.2 cm³/mol. The van der Waals surface area contributed by atoms with Gasteiger partial charge >= 0.3 is 0 Å². The van der Waals surface area contributed by atoms with Gasteiger partial charge in [0, 0.05) is 16.9 Å². The third-order valence-corrected chi connectivity index (χ3v) is 5.01. The van der Waals surface area contributed by atoms with E-state index in [2.05, 4.69) is 21.2 Å². The van der Waals surface area contributed by atoms with Crippen LogP contribution in [-0.2, 0) is 0 Å². The van der Waals surface area contributed by atoms with Crippen LogP contribution in [0.1, 0.15) is 49.9 Å². The molecule has 0 bridgehead atoms. The summed E-state index contributed by atoms with van der Waals surface area (Å²) in [6, 6.07) is 7.38. The van der Waals surface area contributed by atoms with Crippen LogP contribution in [0.5, 0.6) is 5.75 Å². The fourth-order valence-corrected chi connectivity index (χ4v) is 3.48. The minimum Gasteiger partial charge on any atom is -0.491 e. The lowest BCUT2D eigenvalue weighted by Crippen LogP contribution is -2.34. The maximum Gasteiger partial charge on any atom is 0.251 e. The Bertz CT molecular complexity index is 476. The number of alkyl halides is 1. The van der Waals surface area contributed by atoms with E-state index in [0.29, 0.717) is 16.3 Å². The lowest BCUT2D eigenvalue weighted by Gasteiger charge is -2.27. The summed E-state index contributed by atoms with van der Waals surface area (Å²) in [6.45, 7) is 4.70. The van der Waals surface area contributed by atoms with Crippen LogP contribution in [0.2, 0.25) is 0 Å². The maximum absolute atomic E-state index is 12.3. The van der Waals surface area contributed by atoms with Crippen LogP contribution in [0.4, 0.5) is 0 Å². The van der Waals surface area contributed by atoms with Gasteiger partial charge in [0.1, 0.15) is 5.75 Å². The second kappa shape index (κ2) is 7.83. The van der Waals surface area contributed by atoms with Gasteiger partial charge in [0.25, 0.3) is 5.91 Å². The highest BCUT2D eigenvalue weighted by molar-refractivity contribution is 9.09. The van der Waals surface area contributed by atoms with Crippen LogP contribution in [-0.4, -0.2) is 23.4 Å². The van der Waals surface area contributed by atoms with Crippen LogP contribution in [0.15, 0.2) is 24.3 Å². The zero-order valence-electron chi connectivity index (χ0n) is 12.8. The molecule has 2 rings (SSSR count). The number of amides is 1. The first-order valence-electron chi connectivity index (χ1n) is 7.75. The lowest BCUT2D eigenvalue weighted by molar-refractivity contribution is 0.0943. The van der Waals surface area contributed by atoms with Gasteiger partial charge < -0.3 is 10.1 Å². The molecule has 1 aliphatic carbocycles. The standard InChI is InChI=1S/C17H24BrNO2/c1-12(2)21-15-8-5-7-13(10-15)17(20)19-11-14-6-3-4-9-16(14)18/h5,7-8,10,12,14,16H,3-4,6,9,11H2,1-2H3,(H,19,20). The van der Waals surface area contributed by atoms with E-state index in [1.807, 2.05) is 38.1 Å². The summed E-state index contributed by atoms with van der Waals surface area (Å²) in [5, 5.41) is 3.06. The fraction of sp³-hybridized carbons (Fsp3) is 0.588. The lowest BCUT2D eigenvalue weighted by atomic mass is 9.89. The summed E-state index contributed by atoms with van der Waals surface area (Å²) in [7, 11) is 0. The van der Waals surface area contributed by atoms with Crippen molar-refractivity contribution in [3.63, 3.8) is 0 Å². The zero-order valence-corrected chi connectivity index (χ0v) is 14.4. The first-order chi connectivity index (χ1) is 10.1. The van der Waals surface area contributed by atoms with Crippen LogP contribution in [0.3, 0.4) is 0 Å². The second-order valence-corrected chi connectivity index (χ2v) is 7.14. The van der Waals surface area contributed by atoms with Crippen molar-refractivity contribution in [3.05, 3.63) is 29.8 Å². The normalized spacial score (nSPS) is 22.1. The molecule has 1 fully saturated rings. The van der Waals surface area contributed by atoms with Crippen molar-refractivity contribution in [2.75, 3.05) is 6.54 Å². The molecular weight excluding hydrogens is 330 g/mol. The van der Waals surface area contributed by atoms with Gasteiger partial charge in [-0.1, -0.05) is 34.8 Å². The van der Waals surface area contributed by atoms with Crippen molar-refractivity contribution < 1.29 is 9.53 Å². The predicted octanol–water partition coefficient (Wildman–Crippen LogP) is 4.16. The average molecular weight is 354 g/mol. The molecule has 21 heavy (non-hydrogen) atoms. The Morgan fingerprint density at radius 1 is 1.38 bits per heavy atom. The summed E-state index contributed by atoms with van der Waals surface area (Å²) >= 11 is 3.73. The van der Waals surface area contributed by atoms with Crippen LogP contribution < -0.4 is 10.1 Å². The van der Waals surface area contributed by atoms with E-state index >= 15 is 0 Å². The topological polar surface area (TPSA) is 38.3 Å². The number of ether oxygens (including phenoxy) is 1. The second-order valence-electron chi connectivity index (χ2n) is 5.96. The summed E-state index contributed by atoms with van der Waals surface area (Å²) in [6.07, 6.45) is 5.06. The van der Waals surface area contributed by atoms with Crippen molar-refractivity contribution in [3.8, 4) is 5.75 Å². The van der Waals surface area contributed by atoms with Gasteiger partial charge in [-0.05, 0) is 50.8 Å². The minimum atomic E-state index is -0.0190. The Balaban J connectivity index is 1.90. The number of nitrogens with one attached hydrogen (secondary N) is 1. The zero-order chi connectivity index (χ0) is 15.2. The van der Waals surface area contributed by atoms with E-state index in [1.165, 1.54) is 25.7 Å². The highest BCUT2D eigenvalue weighted by atomic mass is 79.9. The Hall–Kier alpha value is -1.03. The number of hydrogen-bond donors (Lipinski definition) is 1. The highest BCUT2D eigenvalue weighted by Gasteiger charge is 2.23. The molecule has 1 N–H and O–H groups in total. The largest absolute Gasteiger partial charge is 0.491 e. The Kier molecular flexibility index (Phi) is 6.09. The van der Waals surface area contributed by atoms with Crippen molar-refractivity contribution in [2.24, 2.45) is 5.92 Å². The Labute approximate surface area is 135 Å². The Morgan fingerprint density at radius 3 is 2.86 bits per heavy atom. The molecule has 2 atom stereocenters. The number of benzene rings is 1. The molecule has 0 aliphatic heterocycles. The summed E-state index contributed by atoms with van der Waals surface area (Å²) in [5.41, 5.74) is 0.662. The monoisotopic (exact) mass is 353 g/mol. The summed E-state index contributed by atoms with van der Waals surface area (Å²) in [5.74, 6) is 1.26. The van der Waals surface area contributed by atoms with Gasteiger partial charge in [-0.3, -0.25) is 4.79 Å². The molecule has 0 spiro atoms. The SMILES string of the molecule is CC(C)Oc1cccc(C(=O)NCC2CCCCC2Br)c1. The van der Waals surface area contributed by atoms with Gasteiger partial charge in [0.05, 0.1) is 6.10 Å². The van der Waals surface area contributed by atoms with Gasteiger partial charge in [-0.2, -0.15) is 0 Å². The quantitative estimate of drug-likeness (QED) is 0.807.